The topological polar surface area (TPSA) is 63.7 Å². The summed E-state index contributed by atoms with van der Waals surface area (Å²) in [5, 5.41) is 0. The van der Waals surface area contributed by atoms with Crippen molar-refractivity contribution in [3.05, 3.63) is 17.7 Å². The van der Waals surface area contributed by atoms with Gasteiger partial charge in [-0.2, -0.15) is 0 Å². The normalized spacial score (nSPS) is 18.3. The Hall–Kier alpha value is -1.27. The average molecular weight is 288 g/mol. The first-order valence-electron chi connectivity index (χ1n) is 5.52. The van der Waals surface area contributed by atoms with Crippen LogP contribution in [0.2, 0.25) is 0 Å². The number of carbonyl (C=O) groups excluding carboxylic acids is 1. The molecule has 0 saturated heterocycles. The molecule has 1 amide bonds. The van der Waals surface area contributed by atoms with E-state index in [1.54, 1.807) is 11.0 Å². The number of carbonyl (C=O) groups is 1. The lowest BCUT2D eigenvalue weighted by molar-refractivity contribution is -0.121. The first-order chi connectivity index (χ1) is 8.48. The zero-order valence-electron chi connectivity index (χ0n) is 9.35. The predicted molar refractivity (Wildman–Crippen MR) is 65.6 cm³/mol. The van der Waals surface area contributed by atoms with Crippen LogP contribution in [0.4, 0.5) is 5.69 Å². The summed E-state index contributed by atoms with van der Waals surface area (Å²) in [7, 11) is 1.61. The summed E-state index contributed by atoms with van der Waals surface area (Å²) in [5.74, 6) is 0.404. The van der Waals surface area contributed by atoms with Crippen molar-refractivity contribution in [1.82, 2.24) is 0 Å². The van der Waals surface area contributed by atoms with Crippen LogP contribution < -0.4 is 9.64 Å². The third-order valence-corrected chi connectivity index (χ3v) is 4.60. The van der Waals surface area contributed by atoms with Crippen LogP contribution in [-0.2, 0) is 20.3 Å². The van der Waals surface area contributed by atoms with Crippen molar-refractivity contribution < 1.29 is 17.9 Å². The van der Waals surface area contributed by atoms with Gasteiger partial charge in [-0.1, -0.05) is 0 Å². The van der Waals surface area contributed by atoms with Gasteiger partial charge >= 0.3 is 0 Å². The van der Waals surface area contributed by atoms with Crippen molar-refractivity contribution in [1.29, 1.82) is 0 Å². The highest BCUT2D eigenvalue weighted by Crippen LogP contribution is 2.42. The molecule has 2 aliphatic heterocycles. The fourth-order valence-electron chi connectivity index (χ4n) is 2.47. The fourth-order valence-corrected chi connectivity index (χ4v) is 3.63. The third-order valence-electron chi connectivity index (χ3n) is 3.20. The van der Waals surface area contributed by atoms with Crippen LogP contribution in [0.1, 0.15) is 12.0 Å². The van der Waals surface area contributed by atoms with Crippen LogP contribution in [0.25, 0.3) is 0 Å². The molecule has 5 nitrogen and oxygen atoms in total. The Morgan fingerprint density at radius 3 is 2.83 bits per heavy atom. The molecule has 0 unspecified atom stereocenters. The summed E-state index contributed by atoms with van der Waals surface area (Å²) >= 11 is 0. The second-order valence-electron chi connectivity index (χ2n) is 4.26. The monoisotopic (exact) mass is 287 g/mol. The van der Waals surface area contributed by atoms with Gasteiger partial charge in [0.05, 0.1) is 10.6 Å². The molecule has 2 aliphatic rings. The van der Waals surface area contributed by atoms with Gasteiger partial charge in [0.1, 0.15) is 5.75 Å². The largest absolute Gasteiger partial charge is 0.482 e. The molecule has 18 heavy (non-hydrogen) atoms. The Morgan fingerprint density at radius 2 is 2.11 bits per heavy atom. The first-order valence-corrected chi connectivity index (χ1v) is 7.83. The number of anilines is 1. The summed E-state index contributed by atoms with van der Waals surface area (Å²) in [6.45, 7) is 0.591. The van der Waals surface area contributed by atoms with Crippen molar-refractivity contribution in [2.75, 3.05) is 18.1 Å². The maximum atomic E-state index is 11.8. The lowest BCUT2D eigenvalue weighted by atomic mass is 10.00. The Kier molecular flexibility index (Phi) is 2.53. The van der Waals surface area contributed by atoms with Gasteiger partial charge in [-0.05, 0) is 30.5 Å². The second kappa shape index (κ2) is 3.86. The number of amides is 1. The molecule has 0 radical (unpaired) electrons. The molecule has 0 aromatic heterocycles. The number of ether oxygens (including phenoxy) is 1. The van der Waals surface area contributed by atoms with Gasteiger partial charge in [-0.25, -0.2) is 8.42 Å². The Balaban J connectivity index is 2.29. The summed E-state index contributed by atoms with van der Waals surface area (Å²) in [6, 6.07) is 2.99. The fraction of sp³-hybridized carbons (Fsp3) is 0.364. The minimum absolute atomic E-state index is 0.000584. The van der Waals surface area contributed by atoms with E-state index in [1.807, 2.05) is 0 Å². The van der Waals surface area contributed by atoms with Gasteiger partial charge in [0, 0.05) is 17.2 Å². The van der Waals surface area contributed by atoms with Crippen molar-refractivity contribution in [3.63, 3.8) is 0 Å². The van der Waals surface area contributed by atoms with Crippen molar-refractivity contribution in [3.8, 4) is 5.75 Å². The summed E-state index contributed by atoms with van der Waals surface area (Å²) in [5.41, 5.74) is 1.15. The number of hydrogen-bond donors (Lipinski definition) is 0. The van der Waals surface area contributed by atoms with Gasteiger partial charge in [-0.3, -0.25) is 4.79 Å². The highest BCUT2D eigenvalue weighted by Gasteiger charge is 2.33. The third kappa shape index (κ3) is 1.67. The highest BCUT2D eigenvalue weighted by molar-refractivity contribution is 8.13. The molecule has 0 bridgehead atoms. The van der Waals surface area contributed by atoms with Gasteiger partial charge in [0.15, 0.2) is 6.61 Å². The zero-order chi connectivity index (χ0) is 12.9. The molecule has 0 atom stereocenters. The molecule has 0 saturated carbocycles. The number of benzene rings is 1. The molecular formula is C11H10ClNO4S. The molecule has 0 aliphatic carbocycles. The molecule has 3 rings (SSSR count). The standard InChI is InChI=1S/C11H10ClNO4S/c12-18(15,16)9-4-3-8-11-7(9)2-1-5-13(11)10(14)6-17-8/h3-4H,1-2,5-6H2. The van der Waals surface area contributed by atoms with Crippen LogP contribution in [0.15, 0.2) is 17.0 Å². The zero-order valence-corrected chi connectivity index (χ0v) is 10.9. The van der Waals surface area contributed by atoms with Gasteiger partial charge < -0.3 is 9.64 Å². The Bertz CT molecular complexity index is 641. The summed E-state index contributed by atoms with van der Waals surface area (Å²) < 4.78 is 28.4. The SMILES string of the molecule is O=C1COc2ccc(S(=O)(=O)Cl)c3c2N1CCC3. The van der Waals surface area contributed by atoms with E-state index < -0.39 is 9.05 Å². The predicted octanol–water partition coefficient (Wildman–Crippen LogP) is 1.29. The van der Waals surface area contributed by atoms with Gasteiger partial charge in [-0.15, -0.1) is 0 Å². The molecular weight excluding hydrogens is 278 g/mol. The lowest BCUT2D eigenvalue weighted by Crippen LogP contribution is -2.42. The quantitative estimate of drug-likeness (QED) is 0.730. The minimum Gasteiger partial charge on any atom is -0.482 e. The maximum absolute atomic E-state index is 11.8. The number of rotatable bonds is 1. The van der Waals surface area contributed by atoms with Crippen LogP contribution in [0.3, 0.4) is 0 Å². The molecule has 0 N–H and O–H groups in total. The first kappa shape index (κ1) is 11.8. The van der Waals surface area contributed by atoms with E-state index in [2.05, 4.69) is 0 Å². The van der Waals surface area contributed by atoms with E-state index in [1.165, 1.54) is 6.07 Å². The average Bonchev–Trinajstić information content (AvgIpc) is 2.32. The molecule has 0 fully saturated rings. The molecule has 7 heteroatoms. The van der Waals surface area contributed by atoms with Crippen molar-refractivity contribution in [2.45, 2.75) is 17.7 Å². The van der Waals surface area contributed by atoms with E-state index in [-0.39, 0.29) is 17.4 Å². The van der Waals surface area contributed by atoms with Crippen molar-refractivity contribution in [2.24, 2.45) is 0 Å². The summed E-state index contributed by atoms with van der Waals surface area (Å²) in [4.78, 5) is 13.4. The number of hydrogen-bond acceptors (Lipinski definition) is 4. The molecule has 0 spiro atoms. The number of nitrogens with zero attached hydrogens (tertiary/aromatic N) is 1. The Labute approximate surface area is 109 Å². The van der Waals surface area contributed by atoms with E-state index in [0.29, 0.717) is 30.0 Å². The smallest absolute Gasteiger partial charge is 0.265 e. The molecule has 1 aromatic carbocycles. The Morgan fingerprint density at radius 1 is 1.33 bits per heavy atom. The van der Waals surface area contributed by atoms with Crippen LogP contribution in [0.5, 0.6) is 5.75 Å². The van der Waals surface area contributed by atoms with Gasteiger partial charge in [0.25, 0.3) is 15.0 Å². The number of halogens is 1. The summed E-state index contributed by atoms with van der Waals surface area (Å²) in [6.07, 6.45) is 1.30. The van der Waals surface area contributed by atoms with E-state index in [4.69, 9.17) is 15.4 Å². The molecule has 1 aromatic rings. The second-order valence-corrected chi connectivity index (χ2v) is 6.80. The van der Waals surface area contributed by atoms with Crippen molar-refractivity contribution >= 4 is 31.3 Å². The molecule has 96 valence electrons. The van der Waals surface area contributed by atoms with E-state index >= 15 is 0 Å². The van der Waals surface area contributed by atoms with Crippen LogP contribution >= 0.6 is 10.7 Å². The van der Waals surface area contributed by atoms with Crippen LogP contribution in [-0.4, -0.2) is 27.5 Å². The van der Waals surface area contributed by atoms with E-state index in [0.717, 1.165) is 6.42 Å². The maximum Gasteiger partial charge on any atom is 0.265 e. The van der Waals surface area contributed by atoms with Crippen LogP contribution in [0, 0.1) is 0 Å². The lowest BCUT2D eigenvalue weighted by Gasteiger charge is -2.35. The minimum atomic E-state index is -3.81. The van der Waals surface area contributed by atoms with Gasteiger partial charge in [0.2, 0.25) is 0 Å². The highest BCUT2D eigenvalue weighted by atomic mass is 35.7. The van der Waals surface area contributed by atoms with E-state index in [9.17, 15) is 13.2 Å². The molecule has 2 heterocycles.